The minimum Gasteiger partial charge on any atom is -0.325 e. The fourth-order valence-corrected chi connectivity index (χ4v) is 1.94. The molecule has 1 aromatic heterocycles. The van der Waals surface area contributed by atoms with Gasteiger partial charge < -0.3 is 10.6 Å². The Morgan fingerprint density at radius 3 is 2.71 bits per heavy atom. The van der Waals surface area contributed by atoms with Gasteiger partial charge in [-0.25, -0.2) is 0 Å². The van der Waals surface area contributed by atoms with Crippen molar-refractivity contribution in [1.29, 1.82) is 0 Å². The Bertz CT molecular complexity index is 560. The van der Waals surface area contributed by atoms with E-state index in [0.717, 1.165) is 29.9 Å². The lowest BCUT2D eigenvalue weighted by molar-refractivity contribution is -0.115. The summed E-state index contributed by atoms with van der Waals surface area (Å²) in [5.74, 6) is -0.0260. The molecule has 0 aliphatic carbocycles. The molecule has 0 radical (unpaired) electrons. The van der Waals surface area contributed by atoms with Crippen LogP contribution in [0.1, 0.15) is 18.1 Å². The monoisotopic (exact) mass is 305 g/mol. The highest BCUT2D eigenvalue weighted by Crippen LogP contribution is 2.15. The van der Waals surface area contributed by atoms with E-state index in [0.29, 0.717) is 6.42 Å². The molecule has 0 saturated heterocycles. The van der Waals surface area contributed by atoms with Gasteiger partial charge in [-0.2, -0.15) is 0 Å². The molecule has 0 aliphatic heterocycles. The number of hydrogen-bond acceptors (Lipinski definition) is 3. The molecule has 0 atom stereocenters. The zero-order valence-electron chi connectivity index (χ0n) is 12.0. The summed E-state index contributed by atoms with van der Waals surface area (Å²) in [7, 11) is 0. The maximum atomic E-state index is 12.0. The lowest BCUT2D eigenvalue weighted by atomic mass is 10.1. The van der Waals surface area contributed by atoms with Crippen molar-refractivity contribution in [3.05, 3.63) is 59.9 Å². The second kappa shape index (κ2) is 9.10. The van der Waals surface area contributed by atoms with Gasteiger partial charge in [-0.05, 0) is 29.8 Å². The van der Waals surface area contributed by atoms with Crippen molar-refractivity contribution in [2.24, 2.45) is 0 Å². The number of rotatable bonds is 6. The molecule has 0 saturated carbocycles. The van der Waals surface area contributed by atoms with Gasteiger partial charge in [0, 0.05) is 24.6 Å². The van der Waals surface area contributed by atoms with E-state index in [1.807, 2.05) is 36.4 Å². The van der Waals surface area contributed by atoms with Crippen molar-refractivity contribution in [3.8, 4) is 0 Å². The molecule has 2 aromatic rings. The Kier molecular flexibility index (Phi) is 7.43. The van der Waals surface area contributed by atoms with Gasteiger partial charge >= 0.3 is 0 Å². The first kappa shape index (κ1) is 17.1. The zero-order chi connectivity index (χ0) is 14.2. The number of para-hydroxylation sites is 1. The van der Waals surface area contributed by atoms with Crippen LogP contribution < -0.4 is 10.6 Å². The lowest BCUT2D eigenvalue weighted by Gasteiger charge is -2.11. The van der Waals surface area contributed by atoms with E-state index in [2.05, 4.69) is 22.5 Å². The van der Waals surface area contributed by atoms with Crippen LogP contribution in [0.3, 0.4) is 0 Å². The summed E-state index contributed by atoms with van der Waals surface area (Å²) in [6.07, 6.45) is 3.75. The summed E-state index contributed by atoms with van der Waals surface area (Å²) >= 11 is 0. The number of pyridine rings is 1. The number of aromatic nitrogens is 1. The summed E-state index contributed by atoms with van der Waals surface area (Å²) in [5, 5.41) is 6.23. The van der Waals surface area contributed by atoms with E-state index in [1.54, 1.807) is 12.4 Å². The number of amides is 1. The Morgan fingerprint density at radius 1 is 1.19 bits per heavy atom. The fourth-order valence-electron chi connectivity index (χ4n) is 1.94. The first-order chi connectivity index (χ1) is 9.79. The number of nitrogens with zero attached hydrogens (tertiary/aromatic N) is 1. The summed E-state index contributed by atoms with van der Waals surface area (Å²) in [5.41, 5.74) is 2.87. The van der Waals surface area contributed by atoms with Gasteiger partial charge in [-0.3, -0.25) is 9.78 Å². The molecule has 1 aromatic carbocycles. The van der Waals surface area contributed by atoms with Crippen LogP contribution in [0.25, 0.3) is 0 Å². The maximum Gasteiger partial charge on any atom is 0.228 e. The summed E-state index contributed by atoms with van der Waals surface area (Å²) < 4.78 is 0. The molecule has 1 amide bonds. The van der Waals surface area contributed by atoms with Crippen LogP contribution in [0.5, 0.6) is 0 Å². The van der Waals surface area contributed by atoms with Crippen molar-refractivity contribution in [3.63, 3.8) is 0 Å². The van der Waals surface area contributed by atoms with Crippen molar-refractivity contribution in [2.75, 3.05) is 11.9 Å². The van der Waals surface area contributed by atoms with Gasteiger partial charge in [0.15, 0.2) is 0 Å². The molecule has 0 spiro atoms. The minimum absolute atomic E-state index is 0. The number of nitrogens with one attached hydrogen (secondary N) is 2. The van der Waals surface area contributed by atoms with Gasteiger partial charge in [0.05, 0.1) is 6.42 Å². The number of hydrogen-bond donors (Lipinski definition) is 2. The molecule has 4 nitrogen and oxygen atoms in total. The number of carbonyl (C=O) groups excluding carboxylic acids is 1. The molecule has 5 heteroatoms. The van der Waals surface area contributed by atoms with Crippen LogP contribution in [0.2, 0.25) is 0 Å². The Labute approximate surface area is 131 Å². The average molecular weight is 306 g/mol. The molecule has 0 aliphatic rings. The Morgan fingerprint density at radius 2 is 2.00 bits per heavy atom. The van der Waals surface area contributed by atoms with Crippen LogP contribution in [-0.2, 0) is 17.8 Å². The van der Waals surface area contributed by atoms with Gasteiger partial charge in [0.2, 0.25) is 5.91 Å². The van der Waals surface area contributed by atoms with E-state index >= 15 is 0 Å². The summed E-state index contributed by atoms with van der Waals surface area (Å²) in [4.78, 5) is 16.1. The summed E-state index contributed by atoms with van der Waals surface area (Å²) in [6.45, 7) is 3.71. The molecule has 1 heterocycles. The molecule has 112 valence electrons. The van der Waals surface area contributed by atoms with Crippen molar-refractivity contribution in [2.45, 2.75) is 19.9 Å². The number of benzene rings is 1. The van der Waals surface area contributed by atoms with Crippen LogP contribution in [0.15, 0.2) is 48.8 Å². The van der Waals surface area contributed by atoms with Crippen molar-refractivity contribution >= 4 is 24.0 Å². The average Bonchev–Trinajstić information content (AvgIpc) is 2.47. The molecule has 21 heavy (non-hydrogen) atoms. The van der Waals surface area contributed by atoms with Crippen molar-refractivity contribution < 1.29 is 4.79 Å². The molecule has 0 fully saturated rings. The van der Waals surface area contributed by atoms with Gasteiger partial charge in [0.1, 0.15) is 0 Å². The van der Waals surface area contributed by atoms with E-state index < -0.39 is 0 Å². The van der Waals surface area contributed by atoms with Gasteiger partial charge in [-0.1, -0.05) is 31.2 Å². The van der Waals surface area contributed by atoms with E-state index in [4.69, 9.17) is 0 Å². The molecule has 2 N–H and O–H groups in total. The predicted octanol–water partition coefficient (Wildman–Crippen LogP) is 2.79. The van der Waals surface area contributed by atoms with E-state index in [1.165, 1.54) is 0 Å². The van der Waals surface area contributed by atoms with Gasteiger partial charge in [0.25, 0.3) is 0 Å². The predicted molar refractivity (Wildman–Crippen MR) is 87.6 cm³/mol. The number of carbonyl (C=O) groups is 1. The van der Waals surface area contributed by atoms with Crippen molar-refractivity contribution in [1.82, 2.24) is 10.3 Å². The first-order valence-electron chi connectivity index (χ1n) is 6.77. The van der Waals surface area contributed by atoms with E-state index in [9.17, 15) is 4.79 Å². The van der Waals surface area contributed by atoms with Crippen LogP contribution >= 0.6 is 12.4 Å². The Balaban J connectivity index is 0.00000220. The molecule has 2 rings (SSSR count). The molecule has 0 bridgehead atoms. The van der Waals surface area contributed by atoms with Gasteiger partial charge in [-0.15, -0.1) is 12.4 Å². The fraction of sp³-hybridized carbons (Fsp3) is 0.250. The smallest absolute Gasteiger partial charge is 0.228 e. The quantitative estimate of drug-likeness (QED) is 0.863. The molecule has 0 unspecified atom stereocenters. The second-order valence-electron chi connectivity index (χ2n) is 4.52. The normalized spacial score (nSPS) is 9.76. The lowest BCUT2D eigenvalue weighted by Crippen LogP contribution is -2.18. The van der Waals surface area contributed by atoms with Crippen LogP contribution in [-0.4, -0.2) is 17.4 Å². The highest BCUT2D eigenvalue weighted by molar-refractivity contribution is 5.92. The highest BCUT2D eigenvalue weighted by Gasteiger charge is 2.07. The van der Waals surface area contributed by atoms with E-state index in [-0.39, 0.29) is 18.3 Å². The summed E-state index contributed by atoms with van der Waals surface area (Å²) in [6, 6.07) is 11.6. The third-order valence-corrected chi connectivity index (χ3v) is 2.94. The van der Waals surface area contributed by atoms with Crippen LogP contribution in [0, 0.1) is 0 Å². The molecular formula is C16H20ClN3O. The topological polar surface area (TPSA) is 54.0 Å². The highest BCUT2D eigenvalue weighted by atomic mass is 35.5. The minimum atomic E-state index is -0.0260. The number of anilines is 1. The Hall–Kier alpha value is -1.91. The second-order valence-corrected chi connectivity index (χ2v) is 4.52. The zero-order valence-corrected chi connectivity index (χ0v) is 12.8. The first-order valence-corrected chi connectivity index (χ1v) is 6.77. The van der Waals surface area contributed by atoms with Crippen LogP contribution in [0.4, 0.5) is 5.69 Å². The third kappa shape index (κ3) is 5.53. The molecular weight excluding hydrogens is 286 g/mol. The largest absolute Gasteiger partial charge is 0.325 e. The third-order valence-electron chi connectivity index (χ3n) is 2.94. The SMILES string of the molecule is CCNCc1ccccc1NC(=O)Cc1cccnc1.Cl. The number of halogens is 1. The maximum absolute atomic E-state index is 12.0. The standard InChI is InChI=1S/C16H19N3O.ClH/c1-2-17-12-14-7-3-4-8-15(14)19-16(20)10-13-6-5-9-18-11-13;/h3-9,11,17H,2,10,12H2,1H3,(H,19,20);1H.